The molecule has 1 N–H and O–H groups in total. The van der Waals surface area contributed by atoms with Gasteiger partial charge in [0.1, 0.15) is 11.5 Å². The van der Waals surface area contributed by atoms with Crippen molar-refractivity contribution >= 4 is 11.9 Å². The highest BCUT2D eigenvalue weighted by Gasteiger charge is 2.17. The van der Waals surface area contributed by atoms with Gasteiger partial charge in [-0.3, -0.25) is 9.59 Å². The molecule has 0 heterocycles. The fourth-order valence-corrected chi connectivity index (χ4v) is 4.61. The highest BCUT2D eigenvalue weighted by Crippen LogP contribution is 2.28. The van der Waals surface area contributed by atoms with Crippen LogP contribution < -0.4 is 14.2 Å². The number of carbonyl (C=O) groups is 2. The van der Waals surface area contributed by atoms with Gasteiger partial charge < -0.3 is 24.2 Å². The van der Waals surface area contributed by atoms with Gasteiger partial charge in [0.15, 0.2) is 11.5 Å². The number of methoxy groups -OCH3 is 2. The van der Waals surface area contributed by atoms with Gasteiger partial charge in [-0.05, 0) is 85.3 Å². The molecular formula is C33H41NO6. The van der Waals surface area contributed by atoms with E-state index in [1.807, 2.05) is 66.4 Å². The summed E-state index contributed by atoms with van der Waals surface area (Å²) in [6, 6.07) is 18.8. The molecule has 0 bridgehead atoms. The number of rotatable bonds is 16. The Bertz CT molecular complexity index is 1270. The summed E-state index contributed by atoms with van der Waals surface area (Å²) in [6.07, 6.45) is 5.59. The second-order valence-electron chi connectivity index (χ2n) is 9.90. The molecule has 0 atom stereocenters. The molecule has 0 radical (unpaired) electrons. The van der Waals surface area contributed by atoms with Gasteiger partial charge >= 0.3 is 5.97 Å². The minimum atomic E-state index is -0.815. The second kappa shape index (κ2) is 15.6. The van der Waals surface area contributed by atoms with Crippen LogP contribution in [-0.4, -0.2) is 49.2 Å². The van der Waals surface area contributed by atoms with Gasteiger partial charge in [-0.1, -0.05) is 44.4 Å². The fraction of sp³-hybridized carbons (Fsp3) is 0.394. The molecule has 0 aromatic heterocycles. The Labute approximate surface area is 237 Å². The number of aryl methyl sites for hydroxylation is 2. The molecule has 0 unspecified atom stereocenters. The van der Waals surface area contributed by atoms with Crippen LogP contribution in [0.2, 0.25) is 0 Å². The van der Waals surface area contributed by atoms with Gasteiger partial charge in [0, 0.05) is 25.1 Å². The summed E-state index contributed by atoms with van der Waals surface area (Å²) in [5.74, 6) is 1.74. The van der Waals surface area contributed by atoms with E-state index in [9.17, 15) is 9.59 Å². The number of carboxylic acid groups (broad SMARTS) is 1. The van der Waals surface area contributed by atoms with Gasteiger partial charge in [-0.2, -0.15) is 0 Å². The van der Waals surface area contributed by atoms with Gasteiger partial charge in [0.25, 0.3) is 5.91 Å². The molecule has 3 aromatic rings. The van der Waals surface area contributed by atoms with Crippen molar-refractivity contribution < 1.29 is 28.9 Å². The van der Waals surface area contributed by atoms with E-state index in [4.69, 9.17) is 19.3 Å². The Hall–Kier alpha value is -4.00. The molecule has 40 heavy (non-hydrogen) atoms. The van der Waals surface area contributed by atoms with Gasteiger partial charge in [-0.25, -0.2) is 0 Å². The van der Waals surface area contributed by atoms with Crippen molar-refractivity contribution in [1.29, 1.82) is 0 Å². The third-order valence-corrected chi connectivity index (χ3v) is 6.93. The molecule has 0 aliphatic carbocycles. The number of amides is 1. The van der Waals surface area contributed by atoms with Crippen molar-refractivity contribution in [1.82, 2.24) is 4.90 Å². The Morgan fingerprint density at radius 2 is 1.60 bits per heavy atom. The average Bonchev–Trinajstić information content (AvgIpc) is 2.96. The van der Waals surface area contributed by atoms with Crippen molar-refractivity contribution in [3.8, 4) is 23.0 Å². The molecule has 0 fully saturated rings. The molecule has 7 heteroatoms. The average molecular weight is 548 g/mol. The van der Waals surface area contributed by atoms with Crippen LogP contribution in [-0.2, 0) is 17.6 Å². The normalized spacial score (nSPS) is 10.7. The SMILES string of the molecule is CCCCCCN(CCc1ccc(OC)c(OC)c1)C(=O)c1cccc(Oc2ccc(CCC(=O)O)c(C)c2)c1. The summed E-state index contributed by atoms with van der Waals surface area (Å²) >= 11 is 0. The number of ether oxygens (including phenoxy) is 3. The molecule has 3 aromatic carbocycles. The predicted octanol–water partition coefficient (Wildman–Crippen LogP) is 7.09. The Morgan fingerprint density at radius 1 is 0.825 bits per heavy atom. The van der Waals surface area contributed by atoms with Gasteiger partial charge in [-0.15, -0.1) is 0 Å². The fourth-order valence-electron chi connectivity index (χ4n) is 4.61. The first-order chi connectivity index (χ1) is 19.3. The van der Waals surface area contributed by atoms with Crippen molar-refractivity contribution in [2.75, 3.05) is 27.3 Å². The molecule has 0 saturated carbocycles. The maximum absolute atomic E-state index is 13.7. The summed E-state index contributed by atoms with van der Waals surface area (Å²) in [4.78, 5) is 26.5. The van der Waals surface area contributed by atoms with E-state index in [1.165, 1.54) is 0 Å². The lowest BCUT2D eigenvalue weighted by Gasteiger charge is -2.23. The smallest absolute Gasteiger partial charge is 0.303 e. The van der Waals surface area contributed by atoms with Crippen LogP contribution in [0.4, 0.5) is 0 Å². The molecule has 214 valence electrons. The van der Waals surface area contributed by atoms with Crippen LogP contribution >= 0.6 is 0 Å². The lowest BCUT2D eigenvalue weighted by molar-refractivity contribution is -0.136. The van der Waals surface area contributed by atoms with Crippen molar-refractivity contribution in [2.24, 2.45) is 0 Å². The van der Waals surface area contributed by atoms with Gasteiger partial charge in [0.05, 0.1) is 14.2 Å². The monoisotopic (exact) mass is 547 g/mol. The first-order valence-corrected chi connectivity index (χ1v) is 13.9. The zero-order valence-electron chi connectivity index (χ0n) is 24.1. The lowest BCUT2D eigenvalue weighted by atomic mass is 10.0. The third-order valence-electron chi connectivity index (χ3n) is 6.93. The van der Waals surface area contributed by atoms with E-state index < -0.39 is 5.97 Å². The molecular weight excluding hydrogens is 506 g/mol. The van der Waals surface area contributed by atoms with E-state index in [2.05, 4.69) is 6.92 Å². The molecule has 0 spiro atoms. The lowest BCUT2D eigenvalue weighted by Crippen LogP contribution is -2.34. The van der Waals surface area contributed by atoms with Gasteiger partial charge in [0.2, 0.25) is 0 Å². The predicted molar refractivity (Wildman–Crippen MR) is 157 cm³/mol. The summed E-state index contributed by atoms with van der Waals surface area (Å²) in [7, 11) is 3.24. The molecule has 0 saturated heterocycles. The van der Waals surface area contributed by atoms with Crippen molar-refractivity contribution in [3.63, 3.8) is 0 Å². The van der Waals surface area contributed by atoms with Crippen molar-refractivity contribution in [2.45, 2.75) is 58.8 Å². The number of carbonyl (C=O) groups excluding carboxylic acids is 1. The molecule has 7 nitrogen and oxygen atoms in total. The standard InChI is InChI=1S/C33H41NO6/c1-5-6-7-8-19-34(20-18-25-12-16-30(38-3)31(22-25)39-4)33(37)27-10-9-11-28(23-27)40-29-15-13-26(24(2)21-29)14-17-32(35)36/h9-13,15-16,21-23H,5-8,14,17-20H2,1-4H3,(H,35,36). The quantitative estimate of drug-likeness (QED) is 0.193. The van der Waals surface area contributed by atoms with E-state index in [0.29, 0.717) is 54.5 Å². The first-order valence-electron chi connectivity index (χ1n) is 13.9. The third kappa shape index (κ3) is 9.04. The molecule has 1 amide bonds. The van der Waals surface area contributed by atoms with E-state index in [1.54, 1.807) is 20.3 Å². The number of nitrogens with zero attached hydrogens (tertiary/aromatic N) is 1. The van der Waals surface area contributed by atoms with E-state index >= 15 is 0 Å². The van der Waals surface area contributed by atoms with E-state index in [0.717, 1.165) is 42.4 Å². The van der Waals surface area contributed by atoms with Crippen LogP contribution in [0.3, 0.4) is 0 Å². The zero-order chi connectivity index (χ0) is 28.9. The maximum atomic E-state index is 13.7. The van der Waals surface area contributed by atoms with Crippen molar-refractivity contribution in [3.05, 3.63) is 82.9 Å². The Morgan fingerprint density at radius 3 is 2.30 bits per heavy atom. The minimum Gasteiger partial charge on any atom is -0.493 e. The highest BCUT2D eigenvalue weighted by molar-refractivity contribution is 5.94. The molecule has 0 aliphatic heterocycles. The van der Waals surface area contributed by atoms with Crippen LogP contribution in [0, 0.1) is 6.92 Å². The topological polar surface area (TPSA) is 85.3 Å². The molecule has 3 rings (SSSR count). The number of hydrogen-bond donors (Lipinski definition) is 1. The van der Waals surface area contributed by atoms with Crippen LogP contribution in [0.1, 0.15) is 66.1 Å². The van der Waals surface area contributed by atoms with Crippen LogP contribution in [0.25, 0.3) is 0 Å². The van der Waals surface area contributed by atoms with Crippen LogP contribution in [0.5, 0.6) is 23.0 Å². The van der Waals surface area contributed by atoms with Crippen LogP contribution in [0.15, 0.2) is 60.7 Å². The van der Waals surface area contributed by atoms with E-state index in [-0.39, 0.29) is 12.3 Å². The largest absolute Gasteiger partial charge is 0.493 e. The number of aliphatic carboxylic acids is 1. The summed E-state index contributed by atoms with van der Waals surface area (Å²) in [5.41, 5.74) is 3.60. The summed E-state index contributed by atoms with van der Waals surface area (Å²) in [5, 5.41) is 8.96. The highest BCUT2D eigenvalue weighted by atomic mass is 16.5. The number of hydrogen-bond acceptors (Lipinski definition) is 5. The number of benzene rings is 3. The Kier molecular flexibility index (Phi) is 11.9. The second-order valence-corrected chi connectivity index (χ2v) is 9.90. The minimum absolute atomic E-state index is 0.0253. The molecule has 0 aliphatic rings. The summed E-state index contributed by atoms with van der Waals surface area (Å²) in [6.45, 7) is 5.39. The Balaban J connectivity index is 1.73. The number of carboxylic acids is 1. The first kappa shape index (κ1) is 30.5. The number of unbranched alkanes of at least 4 members (excludes halogenated alkanes) is 3. The zero-order valence-corrected chi connectivity index (χ0v) is 24.1. The summed E-state index contributed by atoms with van der Waals surface area (Å²) < 4.78 is 16.9. The maximum Gasteiger partial charge on any atom is 0.303 e.